The maximum absolute atomic E-state index is 12.4. The SMILES string of the molecule is Cc1ccc2nc(NC(=O)c3csc(Nc4ncccn4)n3)sc2c1. The van der Waals surface area contributed by atoms with E-state index in [0.29, 0.717) is 21.9 Å². The van der Waals surface area contributed by atoms with E-state index in [1.54, 1.807) is 23.8 Å². The van der Waals surface area contributed by atoms with Gasteiger partial charge in [0.2, 0.25) is 5.95 Å². The molecule has 0 spiro atoms. The van der Waals surface area contributed by atoms with Gasteiger partial charge in [0.15, 0.2) is 10.3 Å². The number of hydrogen-bond donors (Lipinski definition) is 2. The molecular formula is C16H12N6OS2. The molecule has 124 valence electrons. The molecule has 0 aliphatic carbocycles. The van der Waals surface area contributed by atoms with Gasteiger partial charge in [0.05, 0.1) is 10.2 Å². The van der Waals surface area contributed by atoms with Crippen molar-refractivity contribution in [3.63, 3.8) is 0 Å². The van der Waals surface area contributed by atoms with E-state index in [1.807, 2.05) is 25.1 Å². The van der Waals surface area contributed by atoms with Gasteiger partial charge in [-0.25, -0.2) is 19.9 Å². The third-order valence-electron chi connectivity index (χ3n) is 3.29. The van der Waals surface area contributed by atoms with Crippen molar-refractivity contribution < 1.29 is 4.79 Å². The second-order valence-electron chi connectivity index (χ2n) is 5.18. The molecule has 7 nitrogen and oxygen atoms in total. The molecule has 25 heavy (non-hydrogen) atoms. The molecule has 0 saturated heterocycles. The summed E-state index contributed by atoms with van der Waals surface area (Å²) in [4.78, 5) is 29.2. The van der Waals surface area contributed by atoms with Gasteiger partial charge in [-0.15, -0.1) is 11.3 Å². The first-order valence-corrected chi connectivity index (χ1v) is 9.05. The number of carbonyl (C=O) groups is 1. The van der Waals surface area contributed by atoms with Crippen molar-refractivity contribution in [2.45, 2.75) is 6.92 Å². The molecular weight excluding hydrogens is 356 g/mol. The summed E-state index contributed by atoms with van der Waals surface area (Å²) in [5.74, 6) is 0.138. The predicted octanol–water partition coefficient (Wildman–Crippen LogP) is 3.85. The monoisotopic (exact) mass is 368 g/mol. The summed E-state index contributed by atoms with van der Waals surface area (Å²) in [6.45, 7) is 2.03. The van der Waals surface area contributed by atoms with Crippen molar-refractivity contribution in [3.8, 4) is 0 Å². The summed E-state index contributed by atoms with van der Waals surface area (Å²) in [5.41, 5.74) is 2.35. The highest BCUT2D eigenvalue weighted by Crippen LogP contribution is 2.27. The summed E-state index contributed by atoms with van der Waals surface area (Å²) in [5, 5.41) is 8.55. The van der Waals surface area contributed by atoms with Crippen LogP contribution in [0.4, 0.5) is 16.2 Å². The summed E-state index contributed by atoms with van der Waals surface area (Å²) < 4.78 is 1.04. The molecule has 3 aromatic heterocycles. The van der Waals surface area contributed by atoms with Crippen LogP contribution in [0.25, 0.3) is 10.2 Å². The molecule has 0 aliphatic rings. The number of nitrogens with zero attached hydrogens (tertiary/aromatic N) is 4. The van der Waals surface area contributed by atoms with E-state index < -0.39 is 0 Å². The average Bonchev–Trinajstić information content (AvgIpc) is 3.22. The number of rotatable bonds is 4. The van der Waals surface area contributed by atoms with Crippen molar-refractivity contribution in [3.05, 3.63) is 53.3 Å². The molecule has 0 atom stereocenters. The van der Waals surface area contributed by atoms with Crippen LogP contribution < -0.4 is 10.6 Å². The number of aromatic nitrogens is 4. The van der Waals surface area contributed by atoms with E-state index in [1.165, 1.54) is 22.7 Å². The van der Waals surface area contributed by atoms with Crippen LogP contribution in [0.5, 0.6) is 0 Å². The topological polar surface area (TPSA) is 92.7 Å². The summed E-state index contributed by atoms with van der Waals surface area (Å²) in [6.07, 6.45) is 3.26. The first-order valence-electron chi connectivity index (χ1n) is 7.35. The molecule has 3 heterocycles. The van der Waals surface area contributed by atoms with Crippen molar-refractivity contribution in [2.75, 3.05) is 10.6 Å². The Bertz CT molecular complexity index is 1040. The fourth-order valence-corrected chi connectivity index (χ4v) is 3.78. The first-order chi connectivity index (χ1) is 12.2. The minimum atomic E-state index is -0.297. The van der Waals surface area contributed by atoms with Crippen LogP contribution in [-0.2, 0) is 0 Å². The third-order valence-corrected chi connectivity index (χ3v) is 4.98. The second-order valence-corrected chi connectivity index (χ2v) is 7.07. The van der Waals surface area contributed by atoms with Crippen LogP contribution in [0, 0.1) is 6.92 Å². The maximum atomic E-state index is 12.4. The van der Waals surface area contributed by atoms with Gasteiger partial charge < -0.3 is 5.32 Å². The summed E-state index contributed by atoms with van der Waals surface area (Å²) in [7, 11) is 0. The second kappa shape index (κ2) is 6.54. The van der Waals surface area contributed by atoms with Crippen LogP contribution in [0.15, 0.2) is 42.0 Å². The molecule has 0 fully saturated rings. The van der Waals surface area contributed by atoms with Gasteiger partial charge in [0.1, 0.15) is 5.69 Å². The molecule has 0 saturated carbocycles. The van der Waals surface area contributed by atoms with Gasteiger partial charge in [-0.05, 0) is 30.7 Å². The van der Waals surface area contributed by atoms with Gasteiger partial charge in [-0.2, -0.15) is 0 Å². The molecule has 0 radical (unpaired) electrons. The average molecular weight is 368 g/mol. The van der Waals surface area contributed by atoms with Gasteiger partial charge >= 0.3 is 0 Å². The van der Waals surface area contributed by atoms with Crippen LogP contribution in [0.3, 0.4) is 0 Å². The standard InChI is InChI=1S/C16H12N6OS2/c1-9-3-4-10-12(7-9)25-16(19-10)21-13(23)11-8-24-15(20-11)22-14-17-5-2-6-18-14/h2-8H,1H3,(H,19,21,23)(H,17,18,20,22). The van der Waals surface area contributed by atoms with Crippen molar-refractivity contribution in [1.82, 2.24) is 19.9 Å². The predicted molar refractivity (Wildman–Crippen MR) is 99.7 cm³/mol. The Morgan fingerprint density at radius 3 is 2.80 bits per heavy atom. The Kier molecular flexibility index (Phi) is 4.08. The summed E-state index contributed by atoms with van der Waals surface area (Å²) >= 11 is 2.75. The number of carbonyl (C=O) groups excluding carboxylic acids is 1. The van der Waals surface area contributed by atoms with Crippen LogP contribution >= 0.6 is 22.7 Å². The van der Waals surface area contributed by atoms with E-state index in [4.69, 9.17) is 0 Å². The number of thiazole rings is 2. The zero-order valence-corrected chi connectivity index (χ0v) is 14.7. The molecule has 9 heteroatoms. The number of fused-ring (bicyclic) bond motifs is 1. The lowest BCUT2D eigenvalue weighted by Crippen LogP contribution is -2.12. The van der Waals surface area contributed by atoms with Crippen LogP contribution in [0.2, 0.25) is 0 Å². The van der Waals surface area contributed by atoms with Gasteiger partial charge in [-0.3, -0.25) is 10.1 Å². The molecule has 4 aromatic rings. The van der Waals surface area contributed by atoms with E-state index in [-0.39, 0.29) is 5.91 Å². The quantitative estimate of drug-likeness (QED) is 0.568. The maximum Gasteiger partial charge on any atom is 0.276 e. The number of amides is 1. The van der Waals surface area contributed by atoms with Crippen LogP contribution in [-0.4, -0.2) is 25.8 Å². The Balaban J connectivity index is 1.49. The number of hydrogen-bond acceptors (Lipinski definition) is 8. The van der Waals surface area contributed by atoms with E-state index in [2.05, 4.69) is 30.6 Å². The number of nitrogens with one attached hydrogen (secondary N) is 2. The van der Waals surface area contributed by atoms with E-state index >= 15 is 0 Å². The van der Waals surface area contributed by atoms with Crippen LogP contribution in [0.1, 0.15) is 16.1 Å². The minimum Gasteiger partial charge on any atom is -0.300 e. The molecule has 1 amide bonds. The lowest BCUT2D eigenvalue weighted by atomic mass is 10.2. The minimum absolute atomic E-state index is 0.297. The fourth-order valence-electron chi connectivity index (χ4n) is 2.14. The Morgan fingerprint density at radius 1 is 1.12 bits per heavy atom. The Hall–Kier alpha value is -2.91. The largest absolute Gasteiger partial charge is 0.300 e. The van der Waals surface area contributed by atoms with Gasteiger partial charge in [0, 0.05) is 17.8 Å². The lowest BCUT2D eigenvalue weighted by molar-refractivity contribution is 0.102. The third kappa shape index (κ3) is 3.47. The molecule has 0 bridgehead atoms. The Morgan fingerprint density at radius 2 is 1.96 bits per heavy atom. The zero-order chi connectivity index (χ0) is 17.2. The highest BCUT2D eigenvalue weighted by atomic mass is 32.1. The van der Waals surface area contributed by atoms with Crippen molar-refractivity contribution >= 4 is 55.0 Å². The Labute approximate surface area is 150 Å². The summed E-state index contributed by atoms with van der Waals surface area (Å²) in [6, 6.07) is 7.72. The molecule has 2 N–H and O–H groups in total. The highest BCUT2D eigenvalue weighted by Gasteiger charge is 2.14. The number of aryl methyl sites for hydroxylation is 1. The van der Waals surface area contributed by atoms with Gasteiger partial charge in [-0.1, -0.05) is 17.4 Å². The highest BCUT2D eigenvalue weighted by molar-refractivity contribution is 7.22. The van der Waals surface area contributed by atoms with Gasteiger partial charge in [0.25, 0.3) is 5.91 Å². The smallest absolute Gasteiger partial charge is 0.276 e. The number of anilines is 3. The first kappa shape index (κ1) is 15.6. The lowest BCUT2D eigenvalue weighted by Gasteiger charge is -1.99. The molecule has 0 unspecified atom stereocenters. The van der Waals surface area contributed by atoms with E-state index in [0.717, 1.165) is 15.8 Å². The zero-order valence-electron chi connectivity index (χ0n) is 13.1. The number of benzene rings is 1. The van der Waals surface area contributed by atoms with Crippen molar-refractivity contribution in [2.24, 2.45) is 0 Å². The fraction of sp³-hybridized carbons (Fsp3) is 0.0625. The van der Waals surface area contributed by atoms with Crippen molar-refractivity contribution in [1.29, 1.82) is 0 Å². The molecule has 1 aromatic carbocycles. The normalized spacial score (nSPS) is 10.8. The molecule has 0 aliphatic heterocycles. The van der Waals surface area contributed by atoms with E-state index in [9.17, 15) is 4.79 Å². The molecule has 4 rings (SSSR count).